The van der Waals surface area contributed by atoms with Gasteiger partial charge in [0.15, 0.2) is 5.96 Å². The monoisotopic (exact) mass is 283 g/mol. The van der Waals surface area contributed by atoms with E-state index >= 15 is 0 Å². The Balaban J connectivity index is 1.87. The Morgan fingerprint density at radius 3 is 2.47 bits per heavy atom. The summed E-state index contributed by atoms with van der Waals surface area (Å²) in [5.74, 6) is 3.96. The molecule has 0 radical (unpaired) electrons. The lowest BCUT2D eigenvalue weighted by Gasteiger charge is -2.36. The standard InChI is InChI=1S/C15H29N3S/c1-15(2,13-6-4-3-5-7-13)12-17-14(16)18-8-10-19-11-9-18/h13H,3-12H2,1-2H3,(H2,16,17). The lowest BCUT2D eigenvalue weighted by atomic mass is 9.71. The Kier molecular flexibility index (Phi) is 5.43. The van der Waals surface area contributed by atoms with E-state index in [1.807, 2.05) is 11.8 Å². The second kappa shape index (κ2) is 6.87. The molecule has 1 saturated carbocycles. The molecule has 110 valence electrons. The first kappa shape index (κ1) is 15.0. The van der Waals surface area contributed by atoms with E-state index in [2.05, 4.69) is 18.7 Å². The molecule has 0 atom stereocenters. The predicted octanol–water partition coefficient (Wildman–Crippen LogP) is 2.96. The van der Waals surface area contributed by atoms with Crippen molar-refractivity contribution in [1.82, 2.24) is 4.90 Å². The first-order valence-electron chi connectivity index (χ1n) is 7.72. The summed E-state index contributed by atoms with van der Waals surface area (Å²) in [4.78, 5) is 6.95. The Bertz CT molecular complexity index is 303. The Morgan fingerprint density at radius 2 is 1.84 bits per heavy atom. The average molecular weight is 283 g/mol. The summed E-state index contributed by atoms with van der Waals surface area (Å²) in [5.41, 5.74) is 6.45. The highest BCUT2D eigenvalue weighted by Crippen LogP contribution is 2.38. The van der Waals surface area contributed by atoms with E-state index < -0.39 is 0 Å². The molecule has 1 aliphatic carbocycles. The molecule has 0 amide bonds. The zero-order valence-corrected chi connectivity index (χ0v) is 13.3. The fraction of sp³-hybridized carbons (Fsp3) is 0.933. The van der Waals surface area contributed by atoms with Gasteiger partial charge in [-0.15, -0.1) is 0 Å². The number of guanidine groups is 1. The van der Waals surface area contributed by atoms with E-state index in [4.69, 9.17) is 10.7 Å². The van der Waals surface area contributed by atoms with E-state index in [0.29, 0.717) is 5.41 Å². The molecular weight excluding hydrogens is 254 g/mol. The summed E-state index contributed by atoms with van der Waals surface area (Å²) in [6.07, 6.45) is 6.97. The number of nitrogens with two attached hydrogens (primary N) is 1. The van der Waals surface area contributed by atoms with Crippen LogP contribution in [0.2, 0.25) is 0 Å². The maximum absolute atomic E-state index is 6.15. The molecule has 0 unspecified atom stereocenters. The minimum Gasteiger partial charge on any atom is -0.370 e. The van der Waals surface area contributed by atoms with Crippen LogP contribution in [0, 0.1) is 11.3 Å². The van der Waals surface area contributed by atoms with Crippen LogP contribution in [-0.4, -0.2) is 42.0 Å². The fourth-order valence-corrected chi connectivity index (χ4v) is 4.09. The van der Waals surface area contributed by atoms with Crippen LogP contribution in [-0.2, 0) is 0 Å². The van der Waals surface area contributed by atoms with Crippen molar-refractivity contribution in [1.29, 1.82) is 0 Å². The zero-order valence-electron chi connectivity index (χ0n) is 12.5. The Hall–Kier alpha value is -0.380. The van der Waals surface area contributed by atoms with Crippen molar-refractivity contribution < 1.29 is 0 Å². The van der Waals surface area contributed by atoms with Crippen LogP contribution >= 0.6 is 11.8 Å². The number of hydrogen-bond acceptors (Lipinski definition) is 2. The van der Waals surface area contributed by atoms with Gasteiger partial charge in [-0.25, -0.2) is 0 Å². The molecule has 0 aromatic carbocycles. The first-order valence-corrected chi connectivity index (χ1v) is 8.88. The molecule has 1 heterocycles. The number of aliphatic imine (C=N–C) groups is 1. The van der Waals surface area contributed by atoms with E-state index in [1.165, 1.54) is 43.6 Å². The highest BCUT2D eigenvalue weighted by molar-refractivity contribution is 7.99. The van der Waals surface area contributed by atoms with E-state index in [-0.39, 0.29) is 0 Å². The summed E-state index contributed by atoms with van der Waals surface area (Å²) in [7, 11) is 0. The quantitative estimate of drug-likeness (QED) is 0.639. The second-order valence-electron chi connectivity index (χ2n) is 6.60. The van der Waals surface area contributed by atoms with Gasteiger partial charge in [-0.2, -0.15) is 11.8 Å². The molecule has 0 aromatic rings. The molecule has 2 aliphatic rings. The van der Waals surface area contributed by atoms with Crippen molar-refractivity contribution >= 4 is 17.7 Å². The van der Waals surface area contributed by atoms with Crippen molar-refractivity contribution in [2.24, 2.45) is 22.1 Å². The van der Waals surface area contributed by atoms with Crippen LogP contribution in [0.15, 0.2) is 4.99 Å². The molecule has 0 bridgehead atoms. The highest BCUT2D eigenvalue weighted by Gasteiger charge is 2.30. The summed E-state index contributed by atoms with van der Waals surface area (Å²) in [6.45, 7) is 7.73. The number of hydrogen-bond donors (Lipinski definition) is 1. The normalized spacial score (nSPS) is 23.7. The number of nitrogens with zero attached hydrogens (tertiary/aromatic N) is 2. The van der Waals surface area contributed by atoms with Crippen LogP contribution in [0.4, 0.5) is 0 Å². The molecule has 1 saturated heterocycles. The Morgan fingerprint density at radius 1 is 1.21 bits per heavy atom. The third-order valence-electron chi connectivity index (χ3n) is 4.69. The minimum atomic E-state index is 0.301. The predicted molar refractivity (Wildman–Crippen MR) is 85.7 cm³/mol. The third kappa shape index (κ3) is 4.30. The van der Waals surface area contributed by atoms with E-state index in [0.717, 1.165) is 31.5 Å². The summed E-state index contributed by atoms with van der Waals surface area (Å²) in [5, 5.41) is 0. The molecule has 2 rings (SSSR count). The van der Waals surface area contributed by atoms with Crippen LogP contribution < -0.4 is 5.73 Å². The van der Waals surface area contributed by atoms with Gasteiger partial charge in [0.2, 0.25) is 0 Å². The molecule has 4 heteroatoms. The SMILES string of the molecule is CC(C)(CN=C(N)N1CCSCC1)C1CCCCC1. The second-order valence-corrected chi connectivity index (χ2v) is 7.82. The van der Waals surface area contributed by atoms with Crippen molar-refractivity contribution in [2.75, 3.05) is 31.1 Å². The molecule has 19 heavy (non-hydrogen) atoms. The zero-order chi connectivity index (χ0) is 13.7. The van der Waals surface area contributed by atoms with Crippen molar-refractivity contribution in [2.45, 2.75) is 46.0 Å². The maximum Gasteiger partial charge on any atom is 0.191 e. The summed E-state index contributed by atoms with van der Waals surface area (Å²) >= 11 is 2.01. The van der Waals surface area contributed by atoms with Gasteiger partial charge in [0, 0.05) is 31.1 Å². The van der Waals surface area contributed by atoms with Gasteiger partial charge in [-0.1, -0.05) is 33.1 Å². The summed E-state index contributed by atoms with van der Waals surface area (Å²) in [6, 6.07) is 0. The van der Waals surface area contributed by atoms with E-state index in [9.17, 15) is 0 Å². The lowest BCUT2D eigenvalue weighted by Crippen LogP contribution is -2.43. The molecule has 0 aromatic heterocycles. The van der Waals surface area contributed by atoms with Crippen molar-refractivity contribution in [3.05, 3.63) is 0 Å². The van der Waals surface area contributed by atoms with Gasteiger partial charge in [0.25, 0.3) is 0 Å². The van der Waals surface area contributed by atoms with Crippen LogP contribution in [0.1, 0.15) is 46.0 Å². The smallest absolute Gasteiger partial charge is 0.191 e. The lowest BCUT2D eigenvalue weighted by molar-refractivity contribution is 0.167. The number of rotatable bonds is 3. The average Bonchev–Trinajstić information content (AvgIpc) is 2.47. The first-order chi connectivity index (χ1) is 9.09. The fourth-order valence-electron chi connectivity index (χ4n) is 3.19. The van der Waals surface area contributed by atoms with Gasteiger partial charge < -0.3 is 10.6 Å². The molecule has 2 N–H and O–H groups in total. The maximum atomic E-state index is 6.15. The highest BCUT2D eigenvalue weighted by atomic mass is 32.2. The van der Waals surface area contributed by atoms with Gasteiger partial charge in [-0.3, -0.25) is 4.99 Å². The van der Waals surface area contributed by atoms with Gasteiger partial charge >= 0.3 is 0 Å². The third-order valence-corrected chi connectivity index (χ3v) is 5.64. The molecule has 2 fully saturated rings. The molecule has 1 aliphatic heterocycles. The van der Waals surface area contributed by atoms with Crippen LogP contribution in [0.25, 0.3) is 0 Å². The molecule has 0 spiro atoms. The van der Waals surface area contributed by atoms with Gasteiger partial charge in [0.1, 0.15) is 0 Å². The van der Waals surface area contributed by atoms with Gasteiger partial charge in [-0.05, 0) is 24.2 Å². The van der Waals surface area contributed by atoms with Crippen molar-refractivity contribution in [3.8, 4) is 0 Å². The number of thioether (sulfide) groups is 1. The minimum absolute atomic E-state index is 0.301. The Labute approximate surface area is 122 Å². The topological polar surface area (TPSA) is 41.6 Å². The summed E-state index contributed by atoms with van der Waals surface area (Å²) < 4.78 is 0. The van der Waals surface area contributed by atoms with Crippen molar-refractivity contribution in [3.63, 3.8) is 0 Å². The van der Waals surface area contributed by atoms with Gasteiger partial charge in [0.05, 0.1) is 0 Å². The van der Waals surface area contributed by atoms with E-state index in [1.54, 1.807) is 0 Å². The molecular formula is C15H29N3S. The molecule has 3 nitrogen and oxygen atoms in total. The van der Waals surface area contributed by atoms with Crippen LogP contribution in [0.5, 0.6) is 0 Å². The largest absolute Gasteiger partial charge is 0.370 e. The van der Waals surface area contributed by atoms with Crippen LogP contribution in [0.3, 0.4) is 0 Å².